The summed E-state index contributed by atoms with van der Waals surface area (Å²) < 4.78 is 48.5. The maximum Gasteiger partial charge on any atom is 0.306 e. The van der Waals surface area contributed by atoms with Crippen molar-refractivity contribution in [1.82, 2.24) is 4.90 Å². The molecule has 3 aromatic carbocycles. The van der Waals surface area contributed by atoms with Gasteiger partial charge in [-0.1, -0.05) is 18.6 Å². The van der Waals surface area contributed by atoms with Crippen LogP contribution in [0.2, 0.25) is 0 Å². The number of carbonyl (C=O) groups is 1. The van der Waals surface area contributed by atoms with Gasteiger partial charge >= 0.3 is 10.1 Å². The Balaban J connectivity index is 1.42. The summed E-state index contributed by atoms with van der Waals surface area (Å²) >= 11 is 1.33. The lowest BCUT2D eigenvalue weighted by atomic mass is 9.97. The van der Waals surface area contributed by atoms with Crippen molar-refractivity contribution in [3.8, 4) is 21.9 Å². The number of carbonyl (C=O) groups excluding carboxylic acids is 1. The summed E-state index contributed by atoms with van der Waals surface area (Å²) in [6, 6.07) is 17.9. The zero-order valence-electron chi connectivity index (χ0n) is 21.0. The first-order valence-electron chi connectivity index (χ1n) is 12.5. The van der Waals surface area contributed by atoms with Gasteiger partial charge < -0.3 is 8.92 Å². The first kappa shape index (κ1) is 26.3. The predicted octanol–water partition coefficient (Wildman–Crippen LogP) is 6.14. The Morgan fingerprint density at radius 2 is 1.63 bits per heavy atom. The van der Waals surface area contributed by atoms with Gasteiger partial charge in [-0.3, -0.25) is 9.69 Å². The van der Waals surface area contributed by atoms with Crippen molar-refractivity contribution < 1.29 is 26.5 Å². The summed E-state index contributed by atoms with van der Waals surface area (Å²) in [7, 11) is -3.70. The van der Waals surface area contributed by atoms with Gasteiger partial charge in [0.25, 0.3) is 0 Å². The maximum absolute atomic E-state index is 13.8. The average Bonchev–Trinajstić information content (AvgIpc) is 3.27. The van der Waals surface area contributed by atoms with E-state index in [0.717, 1.165) is 25.9 Å². The van der Waals surface area contributed by atoms with Gasteiger partial charge in [0.15, 0.2) is 5.78 Å². The molecule has 0 bridgehead atoms. The molecule has 0 spiro atoms. The van der Waals surface area contributed by atoms with Crippen molar-refractivity contribution in [1.29, 1.82) is 0 Å². The van der Waals surface area contributed by atoms with Crippen LogP contribution in [-0.4, -0.2) is 51.6 Å². The molecule has 1 saturated heterocycles. The molecule has 1 fully saturated rings. The lowest BCUT2D eigenvalue weighted by Gasteiger charge is -2.26. The van der Waals surface area contributed by atoms with E-state index in [1.807, 2.05) is 0 Å². The van der Waals surface area contributed by atoms with Gasteiger partial charge in [0.1, 0.15) is 23.9 Å². The van der Waals surface area contributed by atoms with Crippen LogP contribution in [0.1, 0.15) is 35.2 Å². The Morgan fingerprint density at radius 3 is 2.32 bits per heavy atom. The van der Waals surface area contributed by atoms with E-state index in [-0.39, 0.29) is 17.3 Å². The molecule has 1 aliphatic rings. The van der Waals surface area contributed by atoms with Gasteiger partial charge in [-0.2, -0.15) is 8.42 Å². The highest BCUT2D eigenvalue weighted by atomic mass is 32.2. The predicted molar refractivity (Wildman–Crippen MR) is 148 cm³/mol. The second-order valence-corrected chi connectivity index (χ2v) is 12.0. The normalized spacial score (nSPS) is 14.5. The van der Waals surface area contributed by atoms with Crippen molar-refractivity contribution in [3.05, 3.63) is 83.7 Å². The number of benzene rings is 3. The lowest BCUT2D eigenvalue weighted by molar-refractivity contribution is 0.104. The molecule has 1 aromatic heterocycles. The molecule has 4 aromatic rings. The highest BCUT2D eigenvalue weighted by molar-refractivity contribution is 7.86. The first-order valence-corrected chi connectivity index (χ1v) is 15.1. The number of halogens is 1. The van der Waals surface area contributed by atoms with E-state index in [9.17, 15) is 17.6 Å². The molecule has 0 saturated carbocycles. The lowest BCUT2D eigenvalue weighted by Crippen LogP contribution is -2.33. The van der Waals surface area contributed by atoms with E-state index in [4.69, 9.17) is 8.92 Å². The Morgan fingerprint density at radius 1 is 0.947 bits per heavy atom. The van der Waals surface area contributed by atoms with Gasteiger partial charge in [0.2, 0.25) is 0 Å². The Kier molecular flexibility index (Phi) is 7.78. The molecule has 0 aliphatic carbocycles. The van der Waals surface area contributed by atoms with E-state index in [0.29, 0.717) is 44.0 Å². The summed E-state index contributed by atoms with van der Waals surface area (Å²) in [5.74, 6) is 0.307. The molecular weight excluding hydrogens is 525 g/mol. The third-order valence-electron chi connectivity index (χ3n) is 6.48. The highest BCUT2D eigenvalue weighted by Crippen LogP contribution is 2.41. The zero-order valence-corrected chi connectivity index (χ0v) is 22.6. The minimum Gasteiger partial charge on any atom is -0.492 e. The van der Waals surface area contributed by atoms with Crippen LogP contribution in [0.15, 0.2) is 66.7 Å². The average molecular weight is 554 g/mol. The molecule has 0 atom stereocenters. The third-order valence-corrected chi connectivity index (χ3v) is 8.18. The SMILES string of the molecule is CS(=O)(=O)Oc1ccc2c(C(=O)c3ccc(OCCN4CCCCC4)cc3)c(-c3ccc(F)cc3)sc2c1. The summed E-state index contributed by atoms with van der Waals surface area (Å²) in [5.41, 5.74) is 1.66. The van der Waals surface area contributed by atoms with Crippen molar-refractivity contribution in [2.45, 2.75) is 19.3 Å². The van der Waals surface area contributed by atoms with E-state index in [2.05, 4.69) is 4.90 Å². The van der Waals surface area contributed by atoms with Crippen LogP contribution in [0.5, 0.6) is 11.5 Å². The minimum absolute atomic E-state index is 0.164. The van der Waals surface area contributed by atoms with Gasteiger partial charge in [-0.15, -0.1) is 11.3 Å². The number of hydrogen-bond acceptors (Lipinski definition) is 7. The summed E-state index contributed by atoms with van der Waals surface area (Å²) in [6.45, 7) is 3.70. The second-order valence-electron chi connectivity index (χ2n) is 9.36. The number of likely N-dealkylation sites (tertiary alicyclic amines) is 1. The van der Waals surface area contributed by atoms with Crippen molar-refractivity contribution >= 4 is 37.3 Å². The van der Waals surface area contributed by atoms with Crippen LogP contribution in [-0.2, 0) is 10.1 Å². The number of thiophene rings is 1. The zero-order chi connectivity index (χ0) is 26.7. The fourth-order valence-corrected chi connectivity index (χ4v) is 6.34. The van der Waals surface area contributed by atoms with Crippen molar-refractivity contribution in [2.24, 2.45) is 0 Å². The van der Waals surface area contributed by atoms with Gasteiger partial charge in [-0.05, 0) is 86.1 Å². The summed E-state index contributed by atoms with van der Waals surface area (Å²) in [6.07, 6.45) is 4.75. The van der Waals surface area contributed by atoms with Crippen LogP contribution in [0.4, 0.5) is 4.39 Å². The quantitative estimate of drug-likeness (QED) is 0.183. The fourth-order valence-electron chi connectivity index (χ4n) is 4.66. The molecule has 0 N–H and O–H groups in total. The molecule has 0 unspecified atom stereocenters. The third kappa shape index (κ3) is 6.23. The van der Waals surface area contributed by atoms with E-state index >= 15 is 0 Å². The van der Waals surface area contributed by atoms with Gasteiger partial charge in [0, 0.05) is 32.6 Å². The number of nitrogens with zero attached hydrogens (tertiary/aromatic N) is 1. The number of ether oxygens (including phenoxy) is 1. The van der Waals surface area contributed by atoms with Crippen LogP contribution < -0.4 is 8.92 Å². The Hall–Kier alpha value is -3.27. The standard InChI is InChI=1S/C29H28FNO5S2/c1-38(33,34)36-24-13-14-25-26(19-24)37-29(21-5-9-22(30)10-6-21)27(25)28(32)20-7-11-23(12-8-20)35-18-17-31-15-3-2-4-16-31/h5-14,19H,2-4,15-18H2,1H3. The minimum atomic E-state index is -3.70. The summed E-state index contributed by atoms with van der Waals surface area (Å²) in [5, 5.41) is 0.669. The van der Waals surface area contributed by atoms with Crippen molar-refractivity contribution in [3.63, 3.8) is 0 Å². The smallest absolute Gasteiger partial charge is 0.306 e. The summed E-state index contributed by atoms with van der Waals surface area (Å²) in [4.78, 5) is 16.9. The topological polar surface area (TPSA) is 72.9 Å². The molecule has 0 radical (unpaired) electrons. The number of fused-ring (bicyclic) bond motifs is 1. The molecular formula is C29H28FNO5S2. The monoisotopic (exact) mass is 553 g/mol. The Bertz CT molecular complexity index is 1540. The number of piperidine rings is 1. The molecule has 0 amide bonds. The number of rotatable bonds is 9. The number of hydrogen-bond donors (Lipinski definition) is 0. The Labute approximate surface area is 225 Å². The van der Waals surface area contributed by atoms with Crippen LogP contribution >= 0.6 is 11.3 Å². The molecule has 38 heavy (non-hydrogen) atoms. The van der Waals surface area contributed by atoms with E-state index in [1.165, 1.54) is 48.8 Å². The van der Waals surface area contributed by atoms with Crippen LogP contribution in [0.25, 0.3) is 20.5 Å². The van der Waals surface area contributed by atoms with Gasteiger partial charge in [-0.25, -0.2) is 4.39 Å². The first-order chi connectivity index (χ1) is 18.3. The van der Waals surface area contributed by atoms with E-state index in [1.54, 1.807) is 48.5 Å². The fraction of sp³-hybridized carbons (Fsp3) is 0.276. The second kappa shape index (κ2) is 11.2. The highest BCUT2D eigenvalue weighted by Gasteiger charge is 2.22. The van der Waals surface area contributed by atoms with Crippen LogP contribution in [0, 0.1) is 5.82 Å². The molecule has 2 heterocycles. The van der Waals surface area contributed by atoms with Crippen molar-refractivity contribution in [2.75, 3.05) is 32.5 Å². The molecule has 9 heteroatoms. The molecule has 198 valence electrons. The van der Waals surface area contributed by atoms with Crippen LogP contribution in [0.3, 0.4) is 0 Å². The molecule has 6 nitrogen and oxygen atoms in total. The molecule has 5 rings (SSSR count). The van der Waals surface area contributed by atoms with Gasteiger partial charge in [0.05, 0.1) is 6.26 Å². The number of ketones is 1. The molecule has 1 aliphatic heterocycles. The largest absolute Gasteiger partial charge is 0.492 e. The van der Waals surface area contributed by atoms with E-state index < -0.39 is 10.1 Å². The maximum atomic E-state index is 13.8.